The van der Waals surface area contributed by atoms with Gasteiger partial charge in [-0.2, -0.15) is 15.5 Å². The Labute approximate surface area is 66.2 Å². The molecule has 0 heterocycles. The Kier molecular flexibility index (Phi) is 4.51. The summed E-state index contributed by atoms with van der Waals surface area (Å²) < 4.78 is 0. The van der Waals surface area contributed by atoms with Gasteiger partial charge >= 0.3 is 0 Å². The van der Waals surface area contributed by atoms with Gasteiger partial charge in [0.25, 0.3) is 0 Å². The van der Waals surface area contributed by atoms with E-state index in [2.05, 4.69) is 10.3 Å². The molecule has 0 atom stereocenters. The molecule has 58 valence electrons. The first kappa shape index (κ1) is 9.45. The molecule has 0 bridgehead atoms. The van der Waals surface area contributed by atoms with Crippen molar-refractivity contribution in [1.82, 2.24) is 5.32 Å². The van der Waals surface area contributed by atoms with E-state index in [1.54, 1.807) is 12.4 Å². The Morgan fingerprint density at radius 3 is 2.55 bits per heavy atom. The molecule has 0 aliphatic rings. The van der Waals surface area contributed by atoms with Crippen LogP contribution < -0.4 is 5.32 Å². The number of nitrogens with one attached hydrogen (secondary N) is 1. The van der Waals surface area contributed by atoms with Crippen molar-refractivity contribution in [2.45, 2.75) is 20.3 Å². The molecule has 1 N–H and O–H groups in total. The van der Waals surface area contributed by atoms with E-state index in [-0.39, 0.29) is 0 Å². The Hall–Kier alpha value is -1.55. The van der Waals surface area contributed by atoms with Crippen molar-refractivity contribution >= 4 is 5.84 Å². The first-order valence-corrected chi connectivity index (χ1v) is 3.31. The predicted octanol–water partition coefficient (Wildman–Crippen LogP) is 0.983. The first-order chi connectivity index (χ1) is 5.20. The first-order valence-electron chi connectivity index (χ1n) is 3.31. The number of hydrogen-bond donors (Lipinski definition) is 1. The van der Waals surface area contributed by atoms with Crippen LogP contribution >= 0.6 is 0 Å². The summed E-state index contributed by atoms with van der Waals surface area (Å²) in [7, 11) is 0. The lowest BCUT2D eigenvalue weighted by Gasteiger charge is -2.03. The molecule has 0 saturated carbocycles. The highest BCUT2D eigenvalue weighted by molar-refractivity contribution is 5.84. The molecule has 11 heavy (non-hydrogen) atoms. The van der Waals surface area contributed by atoms with Crippen molar-refractivity contribution in [3.05, 3.63) is 0 Å². The Morgan fingerprint density at radius 1 is 1.55 bits per heavy atom. The van der Waals surface area contributed by atoms with Crippen molar-refractivity contribution in [1.29, 1.82) is 10.5 Å². The monoisotopic (exact) mass is 150 g/mol. The molecule has 0 rings (SSSR count). The van der Waals surface area contributed by atoms with E-state index in [9.17, 15) is 0 Å². The van der Waals surface area contributed by atoms with E-state index in [1.165, 1.54) is 0 Å². The summed E-state index contributed by atoms with van der Waals surface area (Å²) in [6.07, 6.45) is 3.98. The standard InChI is InChI=1S/C7H10N4/c1-6(2)3-7(10-4-8)11-5-9/h6H,3H2,1-2H3,(H,10,11). The van der Waals surface area contributed by atoms with Crippen LogP contribution in [0.3, 0.4) is 0 Å². The highest BCUT2D eigenvalue weighted by Crippen LogP contribution is 1.99. The molecule has 0 radical (unpaired) electrons. The van der Waals surface area contributed by atoms with Crippen LogP contribution in [0.15, 0.2) is 4.99 Å². The van der Waals surface area contributed by atoms with Gasteiger partial charge in [-0.3, -0.25) is 5.32 Å². The molecule has 0 saturated heterocycles. The summed E-state index contributed by atoms with van der Waals surface area (Å²) in [5.41, 5.74) is 0. The van der Waals surface area contributed by atoms with Gasteiger partial charge in [0.15, 0.2) is 6.19 Å². The molecule has 4 heteroatoms. The Morgan fingerprint density at radius 2 is 2.18 bits per heavy atom. The van der Waals surface area contributed by atoms with Gasteiger partial charge in [0.05, 0.1) is 0 Å². The van der Waals surface area contributed by atoms with Gasteiger partial charge in [-0.25, -0.2) is 0 Å². The lowest BCUT2D eigenvalue weighted by atomic mass is 10.1. The fourth-order valence-electron chi connectivity index (χ4n) is 0.636. The summed E-state index contributed by atoms with van der Waals surface area (Å²) in [6.45, 7) is 3.98. The van der Waals surface area contributed by atoms with Gasteiger partial charge in [0.2, 0.25) is 6.19 Å². The zero-order valence-corrected chi connectivity index (χ0v) is 6.63. The fourth-order valence-corrected chi connectivity index (χ4v) is 0.636. The van der Waals surface area contributed by atoms with Crippen LogP contribution in [0.5, 0.6) is 0 Å². The maximum Gasteiger partial charge on any atom is 0.207 e. The second-order valence-corrected chi connectivity index (χ2v) is 2.49. The van der Waals surface area contributed by atoms with E-state index in [1.807, 2.05) is 13.8 Å². The molecule has 0 unspecified atom stereocenters. The Balaban J connectivity index is 4.05. The smallest absolute Gasteiger partial charge is 0.207 e. The summed E-state index contributed by atoms with van der Waals surface area (Å²) in [4.78, 5) is 3.44. The number of aliphatic imine (C=N–C) groups is 1. The maximum absolute atomic E-state index is 8.22. The quantitative estimate of drug-likeness (QED) is 0.276. The maximum atomic E-state index is 8.22. The minimum atomic E-state index is 0.392. The van der Waals surface area contributed by atoms with Crippen molar-refractivity contribution in [3.63, 3.8) is 0 Å². The number of rotatable bonds is 2. The molecular weight excluding hydrogens is 140 g/mol. The highest BCUT2D eigenvalue weighted by Gasteiger charge is 2.00. The average molecular weight is 150 g/mol. The minimum Gasteiger partial charge on any atom is -0.280 e. The molecule has 0 amide bonds. The summed E-state index contributed by atoms with van der Waals surface area (Å²) in [6, 6.07) is 0. The van der Waals surface area contributed by atoms with E-state index in [0.29, 0.717) is 18.2 Å². The zero-order valence-electron chi connectivity index (χ0n) is 6.63. The van der Waals surface area contributed by atoms with Gasteiger partial charge in [-0.15, -0.1) is 0 Å². The van der Waals surface area contributed by atoms with Crippen LogP contribution in [0.4, 0.5) is 0 Å². The lowest BCUT2D eigenvalue weighted by Crippen LogP contribution is -2.19. The van der Waals surface area contributed by atoms with Crippen LogP contribution in [0.2, 0.25) is 0 Å². The second-order valence-electron chi connectivity index (χ2n) is 2.49. The van der Waals surface area contributed by atoms with Crippen molar-refractivity contribution in [3.8, 4) is 12.4 Å². The van der Waals surface area contributed by atoms with Gasteiger partial charge in [0, 0.05) is 6.42 Å². The molecule has 0 aliphatic carbocycles. The van der Waals surface area contributed by atoms with Gasteiger partial charge in [0.1, 0.15) is 5.84 Å². The van der Waals surface area contributed by atoms with Crippen LogP contribution in [0, 0.1) is 28.8 Å². The second kappa shape index (κ2) is 5.25. The number of nitriles is 2. The molecule has 0 aliphatic heterocycles. The van der Waals surface area contributed by atoms with Crippen molar-refractivity contribution in [2.24, 2.45) is 10.9 Å². The van der Waals surface area contributed by atoms with Crippen molar-refractivity contribution < 1.29 is 0 Å². The molecule has 0 spiro atoms. The third-order valence-corrected chi connectivity index (χ3v) is 0.987. The van der Waals surface area contributed by atoms with E-state index in [4.69, 9.17) is 10.5 Å². The van der Waals surface area contributed by atoms with E-state index in [0.717, 1.165) is 0 Å². The summed E-state index contributed by atoms with van der Waals surface area (Å²) in [5, 5.41) is 18.8. The summed E-state index contributed by atoms with van der Waals surface area (Å²) >= 11 is 0. The van der Waals surface area contributed by atoms with Crippen molar-refractivity contribution in [2.75, 3.05) is 0 Å². The molecule has 0 aromatic rings. The van der Waals surface area contributed by atoms with Crippen LogP contribution in [0.1, 0.15) is 20.3 Å². The van der Waals surface area contributed by atoms with Crippen LogP contribution in [-0.2, 0) is 0 Å². The van der Waals surface area contributed by atoms with Crippen LogP contribution in [-0.4, -0.2) is 5.84 Å². The highest BCUT2D eigenvalue weighted by atomic mass is 15.0. The molecule has 0 aromatic heterocycles. The summed E-state index contributed by atoms with van der Waals surface area (Å²) in [5.74, 6) is 0.827. The van der Waals surface area contributed by atoms with Gasteiger partial charge in [-0.05, 0) is 5.92 Å². The van der Waals surface area contributed by atoms with E-state index >= 15 is 0 Å². The van der Waals surface area contributed by atoms with Crippen LogP contribution in [0.25, 0.3) is 0 Å². The predicted molar refractivity (Wildman–Crippen MR) is 41.3 cm³/mol. The number of nitrogens with zero attached hydrogens (tertiary/aromatic N) is 3. The zero-order chi connectivity index (χ0) is 8.69. The lowest BCUT2D eigenvalue weighted by molar-refractivity contribution is 0.676. The number of hydrogen-bond acceptors (Lipinski definition) is 3. The number of amidine groups is 1. The molecule has 4 nitrogen and oxygen atoms in total. The SMILES string of the molecule is CC(C)CC(=NC#N)NC#N. The normalized spacial score (nSPS) is 10.5. The average Bonchev–Trinajstić information content (AvgIpc) is 1.87. The third kappa shape index (κ3) is 4.92. The molecule has 0 aromatic carbocycles. The Bertz CT molecular complexity index is 216. The topological polar surface area (TPSA) is 72.0 Å². The van der Waals surface area contributed by atoms with E-state index < -0.39 is 0 Å². The van der Waals surface area contributed by atoms with Gasteiger partial charge < -0.3 is 0 Å². The van der Waals surface area contributed by atoms with Gasteiger partial charge in [-0.1, -0.05) is 13.8 Å². The minimum absolute atomic E-state index is 0.392. The largest absolute Gasteiger partial charge is 0.280 e. The molecule has 0 fully saturated rings. The fraction of sp³-hybridized carbons (Fsp3) is 0.571. The third-order valence-electron chi connectivity index (χ3n) is 0.987. The molecular formula is C7H10N4.